The molecule has 0 atom stereocenters. The number of carbonyl (C=O) groups is 2. The predicted molar refractivity (Wildman–Crippen MR) is 96.4 cm³/mol. The molecule has 124 valence electrons. The van der Waals surface area contributed by atoms with Crippen LogP contribution < -0.4 is 0 Å². The van der Waals surface area contributed by atoms with Crippen LogP contribution in [0.3, 0.4) is 0 Å². The van der Waals surface area contributed by atoms with E-state index in [2.05, 4.69) is 0 Å². The fraction of sp³-hybridized carbons (Fsp3) is 0.200. The molecule has 0 heterocycles. The average molecular weight is 343 g/mol. The summed E-state index contributed by atoms with van der Waals surface area (Å²) < 4.78 is 5.03. The second-order valence-corrected chi connectivity index (χ2v) is 6.04. The summed E-state index contributed by atoms with van der Waals surface area (Å²) in [5, 5.41) is 0.545. The van der Waals surface area contributed by atoms with Gasteiger partial charge in [-0.2, -0.15) is 0 Å². The fourth-order valence-corrected chi connectivity index (χ4v) is 2.49. The van der Waals surface area contributed by atoms with Crippen LogP contribution in [-0.4, -0.2) is 18.4 Å². The monoisotopic (exact) mass is 342 g/mol. The van der Waals surface area contributed by atoms with E-state index in [-0.39, 0.29) is 12.4 Å². The van der Waals surface area contributed by atoms with E-state index in [1.807, 2.05) is 45.0 Å². The number of ether oxygens (including phenoxy) is 1. The molecule has 0 spiro atoms. The molecular weight excluding hydrogens is 324 g/mol. The first-order valence-corrected chi connectivity index (χ1v) is 7.96. The Bertz CT molecular complexity index is 807. The van der Waals surface area contributed by atoms with Crippen LogP contribution in [0.2, 0.25) is 5.02 Å². The first-order chi connectivity index (χ1) is 11.4. The van der Waals surface area contributed by atoms with Gasteiger partial charge in [0.2, 0.25) is 5.78 Å². The fourth-order valence-electron chi connectivity index (χ4n) is 2.29. The van der Waals surface area contributed by atoms with E-state index in [4.69, 9.17) is 16.3 Å². The van der Waals surface area contributed by atoms with Crippen LogP contribution in [0.1, 0.15) is 32.6 Å². The van der Waals surface area contributed by atoms with E-state index < -0.39 is 5.97 Å². The maximum absolute atomic E-state index is 12.2. The predicted octanol–water partition coefficient (Wildman–Crippen LogP) is 4.70. The minimum absolute atomic E-state index is 0.213. The molecular formula is C20H19ClO3. The lowest BCUT2D eigenvalue weighted by atomic mass is 9.98. The molecule has 0 saturated carbocycles. The number of ketones is 1. The quantitative estimate of drug-likeness (QED) is 0.449. The Kier molecular flexibility index (Phi) is 5.93. The zero-order chi connectivity index (χ0) is 17.7. The second-order valence-electron chi connectivity index (χ2n) is 5.64. The molecule has 0 aromatic heterocycles. The van der Waals surface area contributed by atoms with Gasteiger partial charge in [-0.05, 0) is 61.2 Å². The number of esters is 1. The molecule has 3 nitrogen and oxygen atoms in total. The molecule has 4 heteroatoms. The van der Waals surface area contributed by atoms with E-state index in [9.17, 15) is 9.59 Å². The highest BCUT2D eigenvalue weighted by Crippen LogP contribution is 2.17. The zero-order valence-electron chi connectivity index (χ0n) is 13.9. The van der Waals surface area contributed by atoms with Gasteiger partial charge in [-0.25, -0.2) is 4.79 Å². The van der Waals surface area contributed by atoms with Gasteiger partial charge >= 0.3 is 5.97 Å². The van der Waals surface area contributed by atoms with Gasteiger partial charge in [0.15, 0.2) is 6.61 Å². The number of aryl methyl sites for hydroxylation is 3. The van der Waals surface area contributed by atoms with Crippen LogP contribution >= 0.6 is 11.6 Å². The molecule has 0 radical (unpaired) electrons. The van der Waals surface area contributed by atoms with E-state index in [0.717, 1.165) is 16.7 Å². The van der Waals surface area contributed by atoms with Gasteiger partial charge in [-0.15, -0.1) is 0 Å². The van der Waals surface area contributed by atoms with Crippen molar-refractivity contribution in [3.63, 3.8) is 0 Å². The van der Waals surface area contributed by atoms with Crippen molar-refractivity contribution >= 4 is 29.4 Å². The second kappa shape index (κ2) is 7.93. The number of halogens is 1. The number of hydrogen-bond acceptors (Lipinski definition) is 3. The first-order valence-electron chi connectivity index (χ1n) is 7.59. The lowest BCUT2D eigenvalue weighted by Crippen LogP contribution is -2.14. The normalized spacial score (nSPS) is 10.8. The number of carbonyl (C=O) groups excluding carboxylic acids is 2. The molecule has 0 fully saturated rings. The summed E-state index contributed by atoms with van der Waals surface area (Å²) in [5.74, 6) is -0.792. The van der Waals surface area contributed by atoms with Gasteiger partial charge in [-0.1, -0.05) is 35.9 Å². The molecule has 0 aliphatic carbocycles. The highest BCUT2D eigenvalue weighted by molar-refractivity contribution is 6.32. The van der Waals surface area contributed by atoms with Crippen molar-refractivity contribution in [1.82, 2.24) is 0 Å². The first kappa shape index (κ1) is 18.0. The SMILES string of the molecule is Cc1cc(C)c(C(=O)COC(=O)/C=C/c2ccccc2Cl)cc1C. The van der Waals surface area contributed by atoms with Crippen molar-refractivity contribution in [2.24, 2.45) is 0 Å². The zero-order valence-corrected chi connectivity index (χ0v) is 14.7. The van der Waals surface area contributed by atoms with Crippen molar-refractivity contribution in [1.29, 1.82) is 0 Å². The topological polar surface area (TPSA) is 43.4 Å². The van der Waals surface area contributed by atoms with Crippen molar-refractivity contribution in [2.45, 2.75) is 20.8 Å². The largest absolute Gasteiger partial charge is 0.454 e. The average Bonchev–Trinajstić information content (AvgIpc) is 2.55. The number of hydrogen-bond donors (Lipinski definition) is 0. The van der Waals surface area contributed by atoms with E-state index in [0.29, 0.717) is 16.1 Å². The molecule has 0 aliphatic rings. The molecule has 0 saturated heterocycles. The lowest BCUT2D eigenvalue weighted by molar-refractivity contribution is -0.136. The molecule has 0 aliphatic heterocycles. The summed E-state index contributed by atoms with van der Waals surface area (Å²) in [6.07, 6.45) is 2.83. The molecule has 0 unspecified atom stereocenters. The Balaban J connectivity index is 1.98. The minimum Gasteiger partial charge on any atom is -0.454 e. The van der Waals surface area contributed by atoms with Crippen molar-refractivity contribution < 1.29 is 14.3 Å². The van der Waals surface area contributed by atoms with Crippen molar-refractivity contribution in [3.8, 4) is 0 Å². The van der Waals surface area contributed by atoms with Gasteiger partial charge in [-0.3, -0.25) is 4.79 Å². The highest BCUT2D eigenvalue weighted by Gasteiger charge is 2.12. The molecule has 24 heavy (non-hydrogen) atoms. The third-order valence-corrected chi connectivity index (χ3v) is 4.14. The Morgan fingerprint density at radius 1 is 1.04 bits per heavy atom. The third-order valence-electron chi connectivity index (χ3n) is 3.79. The summed E-state index contributed by atoms with van der Waals surface area (Å²) in [6.45, 7) is 5.54. The van der Waals surface area contributed by atoms with Gasteiger partial charge in [0.1, 0.15) is 0 Å². The molecule has 0 amide bonds. The number of benzene rings is 2. The van der Waals surface area contributed by atoms with E-state index in [1.165, 1.54) is 6.08 Å². The highest BCUT2D eigenvalue weighted by atomic mass is 35.5. The number of Topliss-reactive ketones (excluding diaryl/α,β-unsaturated/α-hetero) is 1. The Morgan fingerprint density at radius 3 is 2.42 bits per heavy atom. The minimum atomic E-state index is -0.579. The smallest absolute Gasteiger partial charge is 0.331 e. The van der Waals surface area contributed by atoms with E-state index >= 15 is 0 Å². The summed E-state index contributed by atoms with van der Waals surface area (Å²) >= 11 is 6.00. The van der Waals surface area contributed by atoms with Crippen LogP contribution in [0.5, 0.6) is 0 Å². The molecule has 2 rings (SSSR count). The van der Waals surface area contributed by atoms with Crippen molar-refractivity contribution in [3.05, 3.63) is 75.3 Å². The molecule has 2 aromatic carbocycles. The van der Waals surface area contributed by atoms with Gasteiger partial charge in [0.05, 0.1) is 0 Å². The summed E-state index contributed by atoms with van der Waals surface area (Å²) in [7, 11) is 0. The number of rotatable bonds is 5. The summed E-state index contributed by atoms with van der Waals surface area (Å²) in [4.78, 5) is 24.0. The van der Waals surface area contributed by atoms with Crippen LogP contribution in [-0.2, 0) is 9.53 Å². The summed E-state index contributed by atoms with van der Waals surface area (Å²) in [5.41, 5.74) is 4.34. The molecule has 0 N–H and O–H groups in total. The van der Waals surface area contributed by atoms with E-state index in [1.54, 1.807) is 18.2 Å². The lowest BCUT2D eigenvalue weighted by Gasteiger charge is -2.09. The van der Waals surface area contributed by atoms with Gasteiger partial charge < -0.3 is 4.74 Å². The summed E-state index contributed by atoms with van der Waals surface area (Å²) in [6, 6.07) is 10.9. The molecule has 2 aromatic rings. The third kappa shape index (κ3) is 4.56. The van der Waals surface area contributed by atoms with Crippen LogP contribution in [0.25, 0.3) is 6.08 Å². The maximum Gasteiger partial charge on any atom is 0.331 e. The van der Waals surface area contributed by atoms with Crippen LogP contribution in [0, 0.1) is 20.8 Å². The Hall–Kier alpha value is -2.39. The Morgan fingerprint density at radius 2 is 1.71 bits per heavy atom. The standard InChI is InChI=1S/C20H19ClO3/c1-13-10-15(3)17(11-14(13)2)19(22)12-24-20(23)9-8-16-6-4-5-7-18(16)21/h4-11H,12H2,1-3H3/b9-8+. The van der Waals surface area contributed by atoms with Crippen molar-refractivity contribution in [2.75, 3.05) is 6.61 Å². The van der Waals surface area contributed by atoms with Gasteiger partial charge in [0.25, 0.3) is 0 Å². The Labute approximate surface area is 146 Å². The molecule has 0 bridgehead atoms. The van der Waals surface area contributed by atoms with Crippen LogP contribution in [0.4, 0.5) is 0 Å². The maximum atomic E-state index is 12.2. The van der Waals surface area contributed by atoms with Gasteiger partial charge in [0, 0.05) is 16.7 Å². The van der Waals surface area contributed by atoms with Crippen LogP contribution in [0.15, 0.2) is 42.5 Å².